The number of fused-ring (bicyclic) bond motifs is 1. The van der Waals surface area contributed by atoms with Crippen molar-refractivity contribution in [3.63, 3.8) is 0 Å². The predicted octanol–water partition coefficient (Wildman–Crippen LogP) is 0.0427. The van der Waals surface area contributed by atoms with Crippen LogP contribution in [0.4, 0.5) is 0 Å². The van der Waals surface area contributed by atoms with E-state index < -0.39 is 0 Å². The van der Waals surface area contributed by atoms with Crippen LogP contribution in [-0.2, 0) is 0 Å². The van der Waals surface area contributed by atoms with E-state index in [-0.39, 0.29) is 12.8 Å². The summed E-state index contributed by atoms with van der Waals surface area (Å²) in [5.74, 6) is 1.10. The van der Waals surface area contributed by atoms with Gasteiger partial charge in [-0.25, -0.2) is 5.48 Å². The fraction of sp³-hybridized carbons (Fsp3) is 0.111. The minimum absolute atomic E-state index is 0.194. The summed E-state index contributed by atoms with van der Waals surface area (Å²) in [5.41, 5.74) is 7.56. The molecule has 1 aliphatic heterocycles. The smallest absolute Gasteiger partial charge is 0.237 e. The van der Waals surface area contributed by atoms with Gasteiger partial charge in [-0.1, -0.05) is 6.07 Å². The van der Waals surface area contributed by atoms with E-state index >= 15 is 0 Å². The van der Waals surface area contributed by atoms with Crippen LogP contribution in [0.1, 0.15) is 5.56 Å². The van der Waals surface area contributed by atoms with Crippen LogP contribution < -0.4 is 20.7 Å². The van der Waals surface area contributed by atoms with Gasteiger partial charge < -0.3 is 15.2 Å². The lowest BCUT2D eigenvalue weighted by atomic mass is 10.2. The van der Waals surface area contributed by atoms with Gasteiger partial charge in [-0.2, -0.15) is 5.10 Å². The third-order valence-corrected chi connectivity index (χ3v) is 1.90. The normalized spacial score (nSPS) is 14.4. The van der Waals surface area contributed by atoms with E-state index in [2.05, 4.69) is 10.2 Å². The number of para-hydroxylation sites is 1. The molecule has 0 unspecified atom stereocenters. The molecule has 84 valence electrons. The number of hydrogen-bond donors (Lipinski definition) is 3. The fourth-order valence-electron chi connectivity index (χ4n) is 1.23. The molecule has 0 aromatic heterocycles. The van der Waals surface area contributed by atoms with Gasteiger partial charge in [0.05, 0.1) is 6.21 Å². The highest BCUT2D eigenvalue weighted by atomic mass is 16.7. The van der Waals surface area contributed by atoms with Crippen molar-refractivity contribution in [2.24, 2.45) is 15.9 Å². The largest absolute Gasteiger partial charge is 0.454 e. The molecule has 0 atom stereocenters. The summed E-state index contributed by atoms with van der Waals surface area (Å²) in [6, 6.07) is 5.41. The van der Waals surface area contributed by atoms with E-state index in [1.165, 1.54) is 6.21 Å². The van der Waals surface area contributed by atoms with Crippen LogP contribution in [0.5, 0.6) is 11.5 Å². The molecule has 1 aromatic rings. The van der Waals surface area contributed by atoms with Crippen molar-refractivity contribution < 1.29 is 14.7 Å². The molecule has 7 nitrogen and oxygen atoms in total. The van der Waals surface area contributed by atoms with Gasteiger partial charge in [0.25, 0.3) is 0 Å². The molecular weight excluding hydrogens is 212 g/mol. The molecule has 0 radical (unpaired) electrons. The molecule has 0 bridgehead atoms. The Kier molecular flexibility index (Phi) is 2.88. The fourth-order valence-corrected chi connectivity index (χ4v) is 1.23. The first kappa shape index (κ1) is 10.2. The Morgan fingerprint density at radius 1 is 1.50 bits per heavy atom. The molecule has 0 saturated heterocycles. The topological polar surface area (TPSA) is 101 Å². The molecule has 4 N–H and O–H groups in total. The second kappa shape index (κ2) is 4.49. The van der Waals surface area contributed by atoms with E-state index in [0.29, 0.717) is 11.5 Å². The summed E-state index contributed by atoms with van der Waals surface area (Å²) in [6.45, 7) is 0.198. The number of rotatable bonds is 2. The minimum atomic E-state index is -0.194. The SMILES string of the molecule is NC(=N/N=C/c1cccc2c1OCO2)NO. The lowest BCUT2D eigenvalue weighted by molar-refractivity contribution is 0.174. The zero-order valence-electron chi connectivity index (χ0n) is 8.25. The Hall–Kier alpha value is -2.28. The van der Waals surface area contributed by atoms with E-state index in [0.717, 1.165) is 5.56 Å². The maximum Gasteiger partial charge on any atom is 0.237 e. The summed E-state index contributed by atoms with van der Waals surface area (Å²) >= 11 is 0. The minimum Gasteiger partial charge on any atom is -0.454 e. The van der Waals surface area contributed by atoms with Gasteiger partial charge in [-0.3, -0.25) is 5.21 Å². The lowest BCUT2D eigenvalue weighted by Crippen LogP contribution is -2.27. The van der Waals surface area contributed by atoms with Gasteiger partial charge in [0.15, 0.2) is 11.5 Å². The summed E-state index contributed by atoms with van der Waals surface area (Å²) < 4.78 is 10.4. The van der Waals surface area contributed by atoms with Gasteiger partial charge >= 0.3 is 0 Å². The quantitative estimate of drug-likeness (QED) is 0.372. The molecule has 0 spiro atoms. The Balaban J connectivity index is 2.19. The highest BCUT2D eigenvalue weighted by molar-refractivity contribution is 5.86. The molecule has 16 heavy (non-hydrogen) atoms. The van der Waals surface area contributed by atoms with Crippen molar-refractivity contribution >= 4 is 12.2 Å². The third-order valence-electron chi connectivity index (χ3n) is 1.90. The zero-order chi connectivity index (χ0) is 11.4. The van der Waals surface area contributed by atoms with Crippen molar-refractivity contribution in [2.75, 3.05) is 6.79 Å². The molecule has 0 aliphatic carbocycles. The van der Waals surface area contributed by atoms with E-state index in [1.54, 1.807) is 17.6 Å². The first-order chi connectivity index (χ1) is 7.81. The Labute approximate surface area is 91.1 Å². The molecule has 0 fully saturated rings. The van der Waals surface area contributed by atoms with Gasteiger partial charge in [0, 0.05) is 5.56 Å². The summed E-state index contributed by atoms with van der Waals surface area (Å²) in [7, 11) is 0. The van der Waals surface area contributed by atoms with Crippen LogP contribution in [0, 0.1) is 0 Å². The van der Waals surface area contributed by atoms with Crippen molar-refractivity contribution in [3.8, 4) is 11.5 Å². The Morgan fingerprint density at radius 3 is 3.19 bits per heavy atom. The molecule has 1 aromatic carbocycles. The average Bonchev–Trinajstić information content (AvgIpc) is 2.77. The maximum absolute atomic E-state index is 8.36. The lowest BCUT2D eigenvalue weighted by Gasteiger charge is -1.98. The van der Waals surface area contributed by atoms with E-state index in [4.69, 9.17) is 20.4 Å². The molecular formula is C9H10N4O3. The Bertz CT molecular complexity index is 444. The van der Waals surface area contributed by atoms with Gasteiger partial charge in [0.2, 0.25) is 12.8 Å². The summed E-state index contributed by atoms with van der Waals surface area (Å²) in [4.78, 5) is 0. The summed E-state index contributed by atoms with van der Waals surface area (Å²) in [6.07, 6.45) is 1.46. The van der Waals surface area contributed by atoms with Crippen LogP contribution in [0.3, 0.4) is 0 Å². The molecule has 0 amide bonds. The highest BCUT2D eigenvalue weighted by Gasteiger charge is 2.15. The number of hydroxylamine groups is 1. The van der Waals surface area contributed by atoms with Crippen LogP contribution in [0.2, 0.25) is 0 Å². The molecule has 0 saturated carbocycles. The van der Waals surface area contributed by atoms with E-state index in [9.17, 15) is 0 Å². The molecule has 2 rings (SSSR count). The average molecular weight is 222 g/mol. The van der Waals surface area contributed by atoms with E-state index in [1.807, 2.05) is 6.07 Å². The highest BCUT2D eigenvalue weighted by Crippen LogP contribution is 2.34. The van der Waals surface area contributed by atoms with Crippen LogP contribution in [-0.4, -0.2) is 24.2 Å². The van der Waals surface area contributed by atoms with Crippen molar-refractivity contribution in [2.45, 2.75) is 0 Å². The zero-order valence-corrected chi connectivity index (χ0v) is 8.25. The monoisotopic (exact) mass is 222 g/mol. The number of nitrogens with zero attached hydrogens (tertiary/aromatic N) is 2. The Morgan fingerprint density at radius 2 is 2.38 bits per heavy atom. The van der Waals surface area contributed by atoms with Crippen molar-refractivity contribution in [1.29, 1.82) is 0 Å². The number of benzene rings is 1. The standard InChI is InChI=1S/C9H10N4O3/c10-9(13-14)12-11-4-6-2-1-3-7-8(6)16-5-15-7/h1-4,14H,5H2,(H3,10,12,13)/b11-4+. The van der Waals surface area contributed by atoms with Crippen molar-refractivity contribution in [3.05, 3.63) is 23.8 Å². The molecule has 1 heterocycles. The molecule has 7 heteroatoms. The maximum atomic E-state index is 8.36. The molecule has 1 aliphatic rings. The van der Waals surface area contributed by atoms with Crippen LogP contribution in [0.15, 0.2) is 28.4 Å². The third kappa shape index (κ3) is 2.04. The van der Waals surface area contributed by atoms with Gasteiger partial charge in [-0.05, 0) is 12.1 Å². The van der Waals surface area contributed by atoms with Crippen LogP contribution in [0.25, 0.3) is 0 Å². The second-order valence-corrected chi connectivity index (χ2v) is 2.92. The second-order valence-electron chi connectivity index (χ2n) is 2.92. The number of ether oxygens (including phenoxy) is 2. The number of guanidine groups is 1. The summed E-state index contributed by atoms with van der Waals surface area (Å²) in [5, 5.41) is 15.5. The predicted molar refractivity (Wildman–Crippen MR) is 56.7 cm³/mol. The van der Waals surface area contributed by atoms with Gasteiger partial charge in [0.1, 0.15) is 0 Å². The van der Waals surface area contributed by atoms with Crippen molar-refractivity contribution in [1.82, 2.24) is 5.48 Å². The number of nitrogens with two attached hydrogens (primary N) is 1. The first-order valence-electron chi connectivity index (χ1n) is 4.46. The first-order valence-corrected chi connectivity index (χ1v) is 4.46. The number of hydrogen-bond acceptors (Lipinski definition) is 5. The van der Waals surface area contributed by atoms with Crippen LogP contribution >= 0.6 is 0 Å². The number of nitrogens with one attached hydrogen (secondary N) is 1. The van der Waals surface area contributed by atoms with Gasteiger partial charge in [-0.15, -0.1) is 5.10 Å².